The van der Waals surface area contributed by atoms with E-state index in [4.69, 9.17) is 12.2 Å². The predicted molar refractivity (Wildman–Crippen MR) is 99.3 cm³/mol. The highest BCUT2D eigenvalue weighted by Crippen LogP contribution is 2.31. The van der Waals surface area contributed by atoms with E-state index in [0.29, 0.717) is 24.8 Å². The Balaban J connectivity index is 1.79. The Labute approximate surface area is 156 Å². The molecule has 0 aromatic carbocycles. The summed E-state index contributed by atoms with van der Waals surface area (Å²) in [6, 6.07) is 1.29. The Morgan fingerprint density at radius 3 is 2.58 bits per heavy atom. The molecule has 0 radical (unpaired) electrons. The van der Waals surface area contributed by atoms with Crippen molar-refractivity contribution in [1.82, 2.24) is 15.3 Å². The maximum atomic E-state index is 13.3. The molecule has 0 unspecified atom stereocenters. The molecule has 1 aromatic heterocycles. The summed E-state index contributed by atoms with van der Waals surface area (Å²) in [6.07, 6.45) is 1.79. The summed E-state index contributed by atoms with van der Waals surface area (Å²) < 4.78 is 39.8. The van der Waals surface area contributed by atoms with Gasteiger partial charge in [0.25, 0.3) is 0 Å². The first-order chi connectivity index (χ1) is 12.3. The van der Waals surface area contributed by atoms with E-state index in [1.54, 1.807) is 0 Å². The first kappa shape index (κ1) is 19.1. The third kappa shape index (κ3) is 4.96. The molecule has 2 N–H and O–H groups in total. The van der Waals surface area contributed by atoms with E-state index in [-0.39, 0.29) is 17.1 Å². The summed E-state index contributed by atoms with van der Waals surface area (Å²) in [5, 5.41) is 6.15. The lowest BCUT2D eigenvalue weighted by Gasteiger charge is -2.32. The van der Waals surface area contributed by atoms with Gasteiger partial charge in [0.1, 0.15) is 5.82 Å². The molecule has 0 bridgehead atoms. The van der Waals surface area contributed by atoms with Crippen molar-refractivity contribution in [3.05, 3.63) is 11.8 Å². The topological polar surface area (TPSA) is 53.1 Å². The minimum atomic E-state index is -4.53. The van der Waals surface area contributed by atoms with Crippen molar-refractivity contribution in [3.63, 3.8) is 0 Å². The molecule has 1 saturated carbocycles. The van der Waals surface area contributed by atoms with Crippen LogP contribution in [0.15, 0.2) is 6.07 Å². The lowest BCUT2D eigenvalue weighted by Crippen LogP contribution is -2.37. The van der Waals surface area contributed by atoms with E-state index in [1.807, 2.05) is 4.90 Å². The Morgan fingerprint density at radius 2 is 1.92 bits per heavy atom. The summed E-state index contributed by atoms with van der Waals surface area (Å²) in [5.41, 5.74) is -0.952. The molecule has 1 aliphatic carbocycles. The number of anilines is 2. The molecular formula is C17H24F3N5S. The second-order valence-electron chi connectivity index (χ2n) is 7.21. The fraction of sp³-hybridized carbons (Fsp3) is 0.706. The van der Waals surface area contributed by atoms with E-state index >= 15 is 0 Å². The zero-order chi connectivity index (χ0) is 18.7. The van der Waals surface area contributed by atoms with E-state index < -0.39 is 11.9 Å². The second kappa shape index (κ2) is 7.94. The van der Waals surface area contributed by atoms with Crippen LogP contribution in [0, 0.1) is 5.92 Å². The van der Waals surface area contributed by atoms with Crippen molar-refractivity contribution in [1.29, 1.82) is 0 Å². The van der Waals surface area contributed by atoms with Crippen molar-refractivity contribution in [2.75, 3.05) is 23.3 Å². The maximum Gasteiger partial charge on any atom is 0.433 e. The standard InChI is InChI=1S/C17H24F3N5S/c1-11-5-4-8-25(10-11)14-9-13(17(18,19)20)22-15(23-14)24-16(26)21-12-6-2-3-7-12/h9,11-12H,2-8,10H2,1H3,(H2,21,22,23,24,26)/t11-/m1/s1. The summed E-state index contributed by atoms with van der Waals surface area (Å²) in [5.74, 6) is 0.614. The van der Waals surface area contributed by atoms with Gasteiger partial charge in [-0.05, 0) is 43.8 Å². The molecule has 1 saturated heterocycles. The third-order valence-corrected chi connectivity index (χ3v) is 5.12. The molecule has 144 valence electrons. The number of nitrogens with one attached hydrogen (secondary N) is 2. The van der Waals surface area contributed by atoms with Crippen molar-refractivity contribution in [2.24, 2.45) is 5.92 Å². The fourth-order valence-corrected chi connectivity index (χ4v) is 3.85. The van der Waals surface area contributed by atoms with E-state index in [2.05, 4.69) is 27.5 Å². The summed E-state index contributed by atoms with van der Waals surface area (Å²) >= 11 is 5.23. The number of hydrogen-bond donors (Lipinski definition) is 2. The Hall–Kier alpha value is -1.64. The highest BCUT2D eigenvalue weighted by Gasteiger charge is 2.34. The Bertz CT molecular complexity index is 646. The highest BCUT2D eigenvalue weighted by molar-refractivity contribution is 7.80. The molecule has 2 fully saturated rings. The number of hydrogen-bond acceptors (Lipinski definition) is 4. The Morgan fingerprint density at radius 1 is 1.19 bits per heavy atom. The normalized spacial score (nSPS) is 21.7. The number of rotatable bonds is 3. The van der Waals surface area contributed by atoms with Crippen LogP contribution in [0.25, 0.3) is 0 Å². The van der Waals surface area contributed by atoms with Gasteiger partial charge in [-0.15, -0.1) is 0 Å². The molecule has 0 amide bonds. The first-order valence-electron chi connectivity index (χ1n) is 9.10. The number of aromatic nitrogens is 2. The van der Waals surface area contributed by atoms with Crippen molar-refractivity contribution in [3.8, 4) is 0 Å². The molecule has 2 aliphatic rings. The lowest BCUT2D eigenvalue weighted by atomic mass is 10.0. The molecule has 26 heavy (non-hydrogen) atoms. The molecule has 1 aliphatic heterocycles. The van der Waals surface area contributed by atoms with E-state index in [9.17, 15) is 13.2 Å². The lowest BCUT2D eigenvalue weighted by molar-refractivity contribution is -0.141. The zero-order valence-electron chi connectivity index (χ0n) is 14.8. The minimum absolute atomic E-state index is 0.108. The highest BCUT2D eigenvalue weighted by atomic mass is 32.1. The number of piperidine rings is 1. The maximum absolute atomic E-state index is 13.3. The number of alkyl halides is 3. The van der Waals surface area contributed by atoms with Crippen LogP contribution >= 0.6 is 12.2 Å². The van der Waals surface area contributed by atoms with Gasteiger partial charge in [-0.1, -0.05) is 19.8 Å². The molecular weight excluding hydrogens is 363 g/mol. The molecule has 0 spiro atoms. The van der Waals surface area contributed by atoms with Gasteiger partial charge < -0.3 is 15.5 Å². The number of halogens is 3. The molecule has 3 rings (SSSR count). The quantitative estimate of drug-likeness (QED) is 0.766. The van der Waals surface area contributed by atoms with Crippen molar-refractivity contribution < 1.29 is 13.2 Å². The van der Waals surface area contributed by atoms with Gasteiger partial charge in [0.05, 0.1) is 0 Å². The van der Waals surface area contributed by atoms with Gasteiger partial charge in [-0.25, -0.2) is 4.98 Å². The van der Waals surface area contributed by atoms with Gasteiger partial charge in [0, 0.05) is 25.2 Å². The van der Waals surface area contributed by atoms with Crippen LogP contribution in [0.4, 0.5) is 24.9 Å². The van der Waals surface area contributed by atoms with Crippen LogP contribution in [0.5, 0.6) is 0 Å². The van der Waals surface area contributed by atoms with Crippen molar-refractivity contribution >= 4 is 29.1 Å². The summed E-state index contributed by atoms with van der Waals surface area (Å²) in [7, 11) is 0. The third-order valence-electron chi connectivity index (χ3n) is 4.90. The second-order valence-corrected chi connectivity index (χ2v) is 7.61. The minimum Gasteiger partial charge on any atom is -0.360 e. The van der Waals surface area contributed by atoms with Crippen LogP contribution in [0.2, 0.25) is 0 Å². The molecule has 5 nitrogen and oxygen atoms in total. The molecule has 2 heterocycles. The average molecular weight is 387 g/mol. The van der Waals surface area contributed by atoms with Gasteiger partial charge in [-0.2, -0.15) is 18.2 Å². The fourth-order valence-electron chi connectivity index (χ4n) is 3.59. The van der Waals surface area contributed by atoms with Gasteiger partial charge >= 0.3 is 6.18 Å². The Kier molecular flexibility index (Phi) is 5.84. The number of thiocarbonyl (C=S) groups is 1. The van der Waals surface area contributed by atoms with Crippen LogP contribution in [0.3, 0.4) is 0 Å². The first-order valence-corrected chi connectivity index (χ1v) is 9.51. The largest absolute Gasteiger partial charge is 0.433 e. The van der Waals surface area contributed by atoms with Crippen LogP contribution < -0.4 is 15.5 Å². The molecule has 1 atom stereocenters. The zero-order valence-corrected chi connectivity index (χ0v) is 15.6. The SMILES string of the molecule is C[C@@H]1CCCN(c2cc(C(F)(F)F)nc(NC(=S)NC3CCCC3)n2)C1. The van der Waals surface area contributed by atoms with E-state index in [1.165, 1.54) is 0 Å². The van der Waals surface area contributed by atoms with Gasteiger partial charge in [-0.3, -0.25) is 0 Å². The van der Waals surface area contributed by atoms with Gasteiger partial charge in [0.2, 0.25) is 5.95 Å². The monoisotopic (exact) mass is 387 g/mol. The predicted octanol–water partition coefficient (Wildman–Crippen LogP) is 3.96. The number of nitrogens with zero attached hydrogens (tertiary/aromatic N) is 3. The molecule has 1 aromatic rings. The smallest absolute Gasteiger partial charge is 0.360 e. The molecule has 9 heteroatoms. The van der Waals surface area contributed by atoms with Crippen LogP contribution in [-0.4, -0.2) is 34.2 Å². The van der Waals surface area contributed by atoms with Crippen molar-refractivity contribution in [2.45, 2.75) is 57.7 Å². The summed E-state index contributed by atoms with van der Waals surface area (Å²) in [4.78, 5) is 9.82. The average Bonchev–Trinajstić information content (AvgIpc) is 3.06. The van der Waals surface area contributed by atoms with Crippen LogP contribution in [-0.2, 0) is 6.18 Å². The van der Waals surface area contributed by atoms with E-state index in [0.717, 1.165) is 44.6 Å². The van der Waals surface area contributed by atoms with Crippen LogP contribution in [0.1, 0.15) is 51.1 Å². The summed E-state index contributed by atoms with van der Waals surface area (Å²) in [6.45, 7) is 3.49. The van der Waals surface area contributed by atoms with Gasteiger partial charge in [0.15, 0.2) is 10.8 Å².